The van der Waals surface area contributed by atoms with E-state index < -0.39 is 11.9 Å². The van der Waals surface area contributed by atoms with Crippen LogP contribution in [0.15, 0.2) is 40.8 Å². The Balaban J connectivity index is 2.05. The van der Waals surface area contributed by atoms with Crippen molar-refractivity contribution in [3.63, 3.8) is 0 Å². The second-order valence-corrected chi connectivity index (χ2v) is 5.89. The molecule has 0 aliphatic heterocycles. The highest BCUT2D eigenvalue weighted by Crippen LogP contribution is 2.23. The summed E-state index contributed by atoms with van der Waals surface area (Å²) in [4.78, 5) is 35.2. The van der Waals surface area contributed by atoms with Crippen LogP contribution in [-0.2, 0) is 11.3 Å². The number of rotatable bonds is 7. The van der Waals surface area contributed by atoms with Gasteiger partial charge in [-0.1, -0.05) is 18.2 Å². The van der Waals surface area contributed by atoms with Gasteiger partial charge in [-0.15, -0.1) is 0 Å². The molecule has 0 saturated carbocycles. The molecule has 1 atom stereocenters. The fraction of sp³-hybridized carbons (Fsp3) is 0.316. The zero-order chi connectivity index (χ0) is 19.8. The van der Waals surface area contributed by atoms with Crippen molar-refractivity contribution >= 4 is 17.8 Å². The first-order valence-corrected chi connectivity index (χ1v) is 8.68. The maximum absolute atomic E-state index is 12.2. The summed E-state index contributed by atoms with van der Waals surface area (Å²) in [6.07, 6.45) is 0. The van der Waals surface area contributed by atoms with Crippen LogP contribution >= 0.6 is 0 Å². The zero-order valence-corrected chi connectivity index (χ0v) is 15.6. The minimum atomic E-state index is -0.667. The highest BCUT2D eigenvalue weighted by atomic mass is 16.4. The summed E-state index contributed by atoms with van der Waals surface area (Å²) in [6, 6.07) is 9.81. The van der Waals surface area contributed by atoms with Crippen molar-refractivity contribution in [3.8, 4) is 11.3 Å². The van der Waals surface area contributed by atoms with Gasteiger partial charge in [0.15, 0.2) is 5.76 Å². The molecule has 4 amide bonds. The number of carbonyl (C=O) groups is 3. The van der Waals surface area contributed by atoms with E-state index in [2.05, 4.69) is 21.3 Å². The highest BCUT2D eigenvalue weighted by molar-refractivity contribution is 5.95. The number of hydrogen-bond acceptors (Lipinski definition) is 4. The summed E-state index contributed by atoms with van der Waals surface area (Å²) >= 11 is 0. The molecule has 0 saturated heterocycles. The Kier molecular flexibility index (Phi) is 6.99. The molecule has 0 bridgehead atoms. The summed E-state index contributed by atoms with van der Waals surface area (Å²) in [5, 5.41) is 10.5. The number of nitrogens with one attached hydrogen (secondary N) is 4. The van der Waals surface area contributed by atoms with Crippen molar-refractivity contribution in [1.82, 2.24) is 21.3 Å². The SMILES string of the molecule is CCNC(=O)NCc1cccc(-c2ccc(C(=O)NC(C)C(=O)NC)o2)c1. The second kappa shape index (κ2) is 9.42. The Hall–Kier alpha value is -3.29. The molecule has 0 radical (unpaired) electrons. The molecule has 8 nitrogen and oxygen atoms in total. The van der Waals surface area contributed by atoms with Crippen molar-refractivity contribution in [2.24, 2.45) is 0 Å². The number of urea groups is 1. The average molecular weight is 372 g/mol. The number of furan rings is 1. The molecular formula is C19H24N4O4. The largest absolute Gasteiger partial charge is 0.451 e. The third-order valence-electron chi connectivity index (χ3n) is 3.82. The third kappa shape index (κ3) is 5.60. The van der Waals surface area contributed by atoms with E-state index in [0.29, 0.717) is 18.8 Å². The Morgan fingerprint density at radius 1 is 1.11 bits per heavy atom. The van der Waals surface area contributed by atoms with E-state index in [0.717, 1.165) is 11.1 Å². The normalized spacial score (nSPS) is 11.4. The summed E-state index contributed by atoms with van der Waals surface area (Å²) in [7, 11) is 1.50. The van der Waals surface area contributed by atoms with Crippen LogP contribution in [0.5, 0.6) is 0 Å². The molecule has 1 unspecified atom stereocenters. The van der Waals surface area contributed by atoms with Crippen LogP contribution in [0.3, 0.4) is 0 Å². The first-order chi connectivity index (χ1) is 12.9. The topological polar surface area (TPSA) is 112 Å². The Morgan fingerprint density at radius 2 is 1.89 bits per heavy atom. The smallest absolute Gasteiger partial charge is 0.315 e. The second-order valence-electron chi connectivity index (χ2n) is 5.89. The standard InChI is InChI=1S/C19H24N4O4/c1-4-21-19(26)22-11-13-6-5-7-14(10-13)15-8-9-16(27-15)18(25)23-12(2)17(24)20-3/h5-10,12H,4,11H2,1-3H3,(H,20,24)(H,23,25)(H2,21,22,26). The number of carbonyl (C=O) groups excluding carboxylic acids is 3. The molecule has 2 rings (SSSR count). The van der Waals surface area contributed by atoms with Crippen LogP contribution in [0.1, 0.15) is 30.0 Å². The quantitative estimate of drug-likeness (QED) is 0.592. The fourth-order valence-corrected chi connectivity index (χ4v) is 2.40. The Labute approximate surface area is 157 Å². The average Bonchev–Trinajstić information content (AvgIpc) is 3.16. The van der Waals surface area contributed by atoms with Crippen LogP contribution in [-0.4, -0.2) is 37.5 Å². The van der Waals surface area contributed by atoms with Crippen molar-refractivity contribution in [2.45, 2.75) is 26.4 Å². The van der Waals surface area contributed by atoms with Gasteiger partial charge < -0.3 is 25.7 Å². The monoisotopic (exact) mass is 372 g/mol. The maximum atomic E-state index is 12.2. The van der Waals surface area contributed by atoms with Gasteiger partial charge >= 0.3 is 6.03 Å². The van der Waals surface area contributed by atoms with E-state index in [-0.39, 0.29) is 17.7 Å². The van der Waals surface area contributed by atoms with E-state index >= 15 is 0 Å². The van der Waals surface area contributed by atoms with E-state index in [9.17, 15) is 14.4 Å². The lowest BCUT2D eigenvalue weighted by molar-refractivity contribution is -0.122. The van der Waals surface area contributed by atoms with E-state index in [1.807, 2.05) is 31.2 Å². The van der Waals surface area contributed by atoms with Gasteiger partial charge in [-0.2, -0.15) is 0 Å². The van der Waals surface area contributed by atoms with Gasteiger partial charge in [-0.25, -0.2) is 4.79 Å². The highest BCUT2D eigenvalue weighted by Gasteiger charge is 2.18. The lowest BCUT2D eigenvalue weighted by Gasteiger charge is -2.10. The third-order valence-corrected chi connectivity index (χ3v) is 3.82. The fourth-order valence-electron chi connectivity index (χ4n) is 2.40. The van der Waals surface area contributed by atoms with Crippen LogP contribution in [0, 0.1) is 0 Å². The van der Waals surface area contributed by atoms with Gasteiger partial charge in [0.05, 0.1) is 0 Å². The minimum Gasteiger partial charge on any atom is -0.451 e. The van der Waals surface area contributed by atoms with Crippen LogP contribution in [0.2, 0.25) is 0 Å². The Bertz CT molecular complexity index is 816. The van der Waals surface area contributed by atoms with Crippen molar-refractivity contribution in [2.75, 3.05) is 13.6 Å². The van der Waals surface area contributed by atoms with Gasteiger partial charge in [0.1, 0.15) is 11.8 Å². The van der Waals surface area contributed by atoms with E-state index in [4.69, 9.17) is 4.42 Å². The molecular weight excluding hydrogens is 348 g/mol. The molecule has 1 aromatic carbocycles. The molecule has 0 spiro atoms. The lowest BCUT2D eigenvalue weighted by Crippen LogP contribution is -2.43. The van der Waals surface area contributed by atoms with Crippen molar-refractivity contribution in [1.29, 1.82) is 0 Å². The Morgan fingerprint density at radius 3 is 2.59 bits per heavy atom. The molecule has 27 heavy (non-hydrogen) atoms. The van der Waals surface area contributed by atoms with Crippen LogP contribution < -0.4 is 21.3 Å². The summed E-state index contributed by atoms with van der Waals surface area (Å²) in [6.45, 7) is 4.37. The number of likely N-dealkylation sites (N-methyl/N-ethyl adjacent to an activating group) is 1. The lowest BCUT2D eigenvalue weighted by atomic mass is 10.1. The first kappa shape index (κ1) is 20.0. The summed E-state index contributed by atoms with van der Waals surface area (Å²) < 4.78 is 5.62. The van der Waals surface area contributed by atoms with Gasteiger partial charge in [0.2, 0.25) is 5.91 Å². The van der Waals surface area contributed by atoms with Gasteiger partial charge in [-0.3, -0.25) is 9.59 Å². The molecule has 0 fully saturated rings. The van der Waals surface area contributed by atoms with Gasteiger partial charge in [0.25, 0.3) is 5.91 Å². The molecule has 0 aliphatic rings. The van der Waals surface area contributed by atoms with E-state index in [1.54, 1.807) is 19.1 Å². The number of hydrogen-bond donors (Lipinski definition) is 4. The molecule has 2 aromatic rings. The molecule has 4 N–H and O–H groups in total. The predicted molar refractivity (Wildman–Crippen MR) is 101 cm³/mol. The van der Waals surface area contributed by atoms with Gasteiger partial charge in [-0.05, 0) is 37.6 Å². The number of amides is 4. The zero-order valence-electron chi connectivity index (χ0n) is 15.6. The van der Waals surface area contributed by atoms with E-state index in [1.165, 1.54) is 7.05 Å². The van der Waals surface area contributed by atoms with Crippen molar-refractivity contribution in [3.05, 3.63) is 47.7 Å². The maximum Gasteiger partial charge on any atom is 0.315 e. The molecule has 0 aliphatic carbocycles. The van der Waals surface area contributed by atoms with Gasteiger partial charge in [0, 0.05) is 25.7 Å². The predicted octanol–water partition coefficient (Wildman–Crippen LogP) is 1.63. The summed E-state index contributed by atoms with van der Waals surface area (Å²) in [5.41, 5.74) is 1.68. The number of benzene rings is 1. The molecule has 1 heterocycles. The van der Waals surface area contributed by atoms with Crippen LogP contribution in [0.25, 0.3) is 11.3 Å². The molecule has 8 heteroatoms. The summed E-state index contributed by atoms with van der Waals surface area (Å²) in [5.74, 6) is -0.118. The molecule has 1 aromatic heterocycles. The minimum absolute atomic E-state index is 0.117. The van der Waals surface area contributed by atoms with Crippen molar-refractivity contribution < 1.29 is 18.8 Å². The first-order valence-electron chi connectivity index (χ1n) is 8.68. The van der Waals surface area contributed by atoms with Crippen LogP contribution in [0.4, 0.5) is 4.79 Å². The molecule has 144 valence electrons.